The predicted molar refractivity (Wildman–Crippen MR) is 64.4 cm³/mol. The second-order valence-electron chi connectivity index (χ2n) is 4.21. The second kappa shape index (κ2) is 4.32. The summed E-state index contributed by atoms with van der Waals surface area (Å²) in [4.78, 5) is 0. The Hall–Kier alpha value is -2.38. The van der Waals surface area contributed by atoms with E-state index in [0.717, 1.165) is 6.07 Å². The molecule has 3 N–H and O–H groups in total. The Labute approximate surface area is 111 Å². The maximum Gasteiger partial charge on any atom is 0.420 e. The van der Waals surface area contributed by atoms with E-state index in [1.807, 2.05) is 0 Å². The number of fused-ring (bicyclic) bond motifs is 1. The third kappa shape index (κ3) is 1.93. The van der Waals surface area contributed by atoms with Crippen LogP contribution < -0.4 is 15.2 Å². The number of aromatic amines is 1. The number of aromatic nitrogens is 2. The van der Waals surface area contributed by atoms with Crippen molar-refractivity contribution < 1.29 is 22.6 Å². The van der Waals surface area contributed by atoms with Crippen LogP contribution in [0.2, 0.25) is 0 Å². The van der Waals surface area contributed by atoms with Gasteiger partial charge in [-0.25, -0.2) is 0 Å². The fourth-order valence-corrected chi connectivity index (χ4v) is 2.08. The van der Waals surface area contributed by atoms with Gasteiger partial charge in [-0.15, -0.1) is 0 Å². The highest BCUT2D eigenvalue weighted by atomic mass is 19.4. The molecule has 20 heavy (non-hydrogen) atoms. The zero-order valence-electron chi connectivity index (χ0n) is 10.1. The number of halogens is 3. The molecule has 3 rings (SSSR count). The third-order valence-electron chi connectivity index (χ3n) is 2.95. The number of anilines is 1. The van der Waals surface area contributed by atoms with Gasteiger partial charge in [-0.2, -0.15) is 18.3 Å². The molecule has 0 atom stereocenters. The van der Waals surface area contributed by atoms with Gasteiger partial charge in [0.05, 0.1) is 6.20 Å². The van der Waals surface area contributed by atoms with Crippen LogP contribution in [-0.4, -0.2) is 23.4 Å². The van der Waals surface area contributed by atoms with Crippen LogP contribution in [-0.2, 0) is 6.18 Å². The lowest BCUT2D eigenvalue weighted by atomic mass is 10.0. The maximum atomic E-state index is 13.0. The second-order valence-corrected chi connectivity index (χ2v) is 4.21. The maximum absolute atomic E-state index is 13.0. The first-order chi connectivity index (χ1) is 9.48. The molecule has 1 aliphatic rings. The quantitative estimate of drug-likeness (QED) is 0.844. The summed E-state index contributed by atoms with van der Waals surface area (Å²) in [7, 11) is 0. The van der Waals surface area contributed by atoms with E-state index in [1.54, 1.807) is 0 Å². The summed E-state index contributed by atoms with van der Waals surface area (Å²) in [5.41, 5.74) is 5.72. The van der Waals surface area contributed by atoms with Crippen molar-refractivity contribution >= 4 is 5.82 Å². The van der Waals surface area contributed by atoms with Crippen molar-refractivity contribution in [3.8, 4) is 22.6 Å². The third-order valence-corrected chi connectivity index (χ3v) is 2.95. The van der Waals surface area contributed by atoms with Gasteiger partial charge in [-0.1, -0.05) is 0 Å². The number of benzene rings is 1. The van der Waals surface area contributed by atoms with Crippen molar-refractivity contribution in [3.05, 3.63) is 23.9 Å². The average molecular weight is 285 g/mol. The molecular weight excluding hydrogens is 275 g/mol. The van der Waals surface area contributed by atoms with Gasteiger partial charge in [0.15, 0.2) is 11.5 Å². The monoisotopic (exact) mass is 285 g/mol. The molecule has 0 bridgehead atoms. The number of hydrogen-bond donors (Lipinski definition) is 2. The van der Waals surface area contributed by atoms with Gasteiger partial charge in [-0.3, -0.25) is 5.10 Å². The number of rotatable bonds is 1. The standard InChI is InChI=1S/C12H10F3N3O2/c13-12(14,15)8-2-1-6(7-5-17-18-11(7)16)9-10(8)20-4-3-19-9/h1-2,5H,3-4H2,(H3,16,17,18). The summed E-state index contributed by atoms with van der Waals surface area (Å²) < 4.78 is 49.3. The number of nitrogen functional groups attached to an aromatic ring is 1. The van der Waals surface area contributed by atoms with Crippen LogP contribution >= 0.6 is 0 Å². The van der Waals surface area contributed by atoms with Gasteiger partial charge < -0.3 is 15.2 Å². The van der Waals surface area contributed by atoms with Gasteiger partial charge in [0.2, 0.25) is 0 Å². The lowest BCUT2D eigenvalue weighted by Crippen LogP contribution is -2.19. The first-order valence-electron chi connectivity index (χ1n) is 5.77. The van der Waals surface area contributed by atoms with Crippen LogP contribution in [0.5, 0.6) is 11.5 Å². The topological polar surface area (TPSA) is 73.2 Å². The normalized spacial score (nSPS) is 14.3. The number of ether oxygens (including phenoxy) is 2. The molecule has 1 aliphatic heterocycles. The van der Waals surface area contributed by atoms with Gasteiger partial charge in [-0.05, 0) is 12.1 Å². The van der Waals surface area contributed by atoms with E-state index in [1.165, 1.54) is 12.3 Å². The molecule has 0 spiro atoms. The van der Waals surface area contributed by atoms with E-state index < -0.39 is 11.7 Å². The number of nitrogens with two attached hydrogens (primary N) is 1. The largest absolute Gasteiger partial charge is 0.485 e. The molecule has 0 fully saturated rings. The molecule has 8 heteroatoms. The summed E-state index contributed by atoms with van der Waals surface area (Å²) in [6.07, 6.45) is -3.08. The molecule has 106 valence electrons. The van der Waals surface area contributed by atoms with Gasteiger partial charge in [0, 0.05) is 11.1 Å². The Morgan fingerprint density at radius 2 is 1.80 bits per heavy atom. The van der Waals surface area contributed by atoms with E-state index in [9.17, 15) is 13.2 Å². The van der Waals surface area contributed by atoms with Crippen molar-refractivity contribution in [2.24, 2.45) is 0 Å². The molecule has 1 aromatic carbocycles. The Morgan fingerprint density at radius 3 is 2.40 bits per heavy atom. The highest BCUT2D eigenvalue weighted by Gasteiger charge is 2.38. The number of nitrogens with one attached hydrogen (secondary N) is 1. The number of H-pyrrole nitrogens is 1. The average Bonchev–Trinajstić information content (AvgIpc) is 2.82. The summed E-state index contributed by atoms with van der Waals surface area (Å²) >= 11 is 0. The smallest absolute Gasteiger partial charge is 0.420 e. The first-order valence-corrected chi connectivity index (χ1v) is 5.77. The lowest BCUT2D eigenvalue weighted by molar-refractivity contribution is -0.139. The van der Waals surface area contributed by atoms with Crippen molar-refractivity contribution in [3.63, 3.8) is 0 Å². The molecule has 0 saturated heterocycles. The van der Waals surface area contributed by atoms with E-state index in [4.69, 9.17) is 15.2 Å². The fourth-order valence-electron chi connectivity index (χ4n) is 2.08. The van der Waals surface area contributed by atoms with Crippen molar-refractivity contribution in [2.45, 2.75) is 6.18 Å². The molecular formula is C12H10F3N3O2. The number of hydrogen-bond acceptors (Lipinski definition) is 4. The minimum absolute atomic E-state index is 0.0409. The van der Waals surface area contributed by atoms with Crippen molar-refractivity contribution in [1.82, 2.24) is 10.2 Å². The summed E-state index contributed by atoms with van der Waals surface area (Å²) in [6, 6.07) is 2.26. The molecule has 0 saturated carbocycles. The molecule has 0 amide bonds. The van der Waals surface area contributed by atoms with Crippen LogP contribution in [0.25, 0.3) is 11.1 Å². The van der Waals surface area contributed by atoms with Crippen LogP contribution in [0.4, 0.5) is 19.0 Å². The van der Waals surface area contributed by atoms with Crippen LogP contribution in [0, 0.1) is 0 Å². The first kappa shape index (κ1) is 12.6. The predicted octanol–water partition coefficient (Wildman–Crippen LogP) is 2.45. The molecule has 2 heterocycles. The Bertz CT molecular complexity index is 652. The lowest BCUT2D eigenvalue weighted by Gasteiger charge is -2.24. The molecule has 0 unspecified atom stereocenters. The van der Waals surface area contributed by atoms with Gasteiger partial charge in [0.1, 0.15) is 24.6 Å². The highest BCUT2D eigenvalue weighted by molar-refractivity contribution is 5.81. The fraction of sp³-hybridized carbons (Fsp3) is 0.250. The van der Waals surface area contributed by atoms with Gasteiger partial charge >= 0.3 is 6.18 Å². The molecule has 0 aliphatic carbocycles. The Balaban J connectivity index is 2.22. The minimum atomic E-state index is -4.51. The van der Waals surface area contributed by atoms with Crippen LogP contribution in [0.3, 0.4) is 0 Å². The zero-order chi connectivity index (χ0) is 14.3. The SMILES string of the molecule is Nc1[nH]ncc1-c1ccc(C(F)(F)F)c2c1OCCO2. The Morgan fingerprint density at radius 1 is 1.10 bits per heavy atom. The number of nitrogens with zero attached hydrogens (tertiary/aromatic N) is 1. The summed E-state index contributed by atoms with van der Waals surface area (Å²) in [5.74, 6) is -0.0119. The summed E-state index contributed by atoms with van der Waals surface area (Å²) in [5, 5.41) is 6.28. The summed E-state index contributed by atoms with van der Waals surface area (Å²) in [6.45, 7) is 0.249. The Kier molecular flexibility index (Phi) is 2.73. The molecule has 5 nitrogen and oxygen atoms in total. The zero-order valence-corrected chi connectivity index (χ0v) is 10.1. The molecule has 0 radical (unpaired) electrons. The van der Waals surface area contributed by atoms with Crippen molar-refractivity contribution in [1.29, 1.82) is 0 Å². The van der Waals surface area contributed by atoms with E-state index in [0.29, 0.717) is 11.1 Å². The van der Waals surface area contributed by atoms with Crippen molar-refractivity contribution in [2.75, 3.05) is 18.9 Å². The van der Waals surface area contributed by atoms with Crippen LogP contribution in [0.15, 0.2) is 18.3 Å². The van der Waals surface area contributed by atoms with Gasteiger partial charge in [0.25, 0.3) is 0 Å². The van der Waals surface area contributed by atoms with E-state index >= 15 is 0 Å². The number of alkyl halides is 3. The molecule has 1 aromatic heterocycles. The van der Waals surface area contributed by atoms with E-state index in [-0.39, 0.29) is 30.5 Å². The van der Waals surface area contributed by atoms with E-state index in [2.05, 4.69) is 10.2 Å². The minimum Gasteiger partial charge on any atom is -0.485 e. The van der Waals surface area contributed by atoms with Crippen LogP contribution in [0.1, 0.15) is 5.56 Å². The highest BCUT2D eigenvalue weighted by Crippen LogP contribution is 2.48. The molecule has 2 aromatic rings.